The van der Waals surface area contributed by atoms with Gasteiger partial charge in [-0.15, -0.1) is 10.9 Å². The Labute approximate surface area is 167 Å². The number of nitrogens with zero attached hydrogens (tertiary/aromatic N) is 2. The molecule has 28 heavy (non-hydrogen) atoms. The first-order valence-electron chi connectivity index (χ1n) is 8.15. The Balaban J connectivity index is 2.10. The molecule has 3 aromatic carbocycles. The molecule has 3 rings (SSSR count). The molecule has 0 saturated carbocycles. The van der Waals surface area contributed by atoms with Crippen molar-refractivity contribution in [3.63, 3.8) is 0 Å². The second-order valence-electron chi connectivity index (χ2n) is 5.80. The zero-order valence-electron chi connectivity index (χ0n) is 14.8. The quantitative estimate of drug-likeness (QED) is 0.581. The summed E-state index contributed by atoms with van der Waals surface area (Å²) in [5.74, 6) is 0. The van der Waals surface area contributed by atoms with Crippen LogP contribution in [0.3, 0.4) is 0 Å². The Hall–Kier alpha value is -2.33. The van der Waals surface area contributed by atoms with Crippen LogP contribution < -0.4 is 0 Å². The zero-order chi connectivity index (χ0) is 20.2. The van der Waals surface area contributed by atoms with E-state index >= 15 is 0 Å². The van der Waals surface area contributed by atoms with E-state index in [4.69, 9.17) is 0 Å². The Kier molecular flexibility index (Phi) is 6.09. The molecule has 0 radical (unpaired) electrons. The van der Waals surface area contributed by atoms with Crippen molar-refractivity contribution in [1.82, 2.24) is 0 Å². The molecule has 146 valence electrons. The van der Waals surface area contributed by atoms with E-state index in [0.29, 0.717) is 4.90 Å². The summed E-state index contributed by atoms with van der Waals surface area (Å²) in [5, 5.41) is 0. The van der Waals surface area contributed by atoms with Crippen LogP contribution in [0.15, 0.2) is 103 Å². The van der Waals surface area contributed by atoms with Gasteiger partial charge in [0.2, 0.25) is 0 Å². The van der Waals surface area contributed by atoms with Crippen molar-refractivity contribution >= 4 is 30.9 Å². The molecular weight excluding hydrogens is 416 g/mol. The maximum atomic E-state index is 12.7. The van der Waals surface area contributed by atoms with Gasteiger partial charge in [0.15, 0.2) is 0 Å². The van der Waals surface area contributed by atoms with E-state index in [0.717, 1.165) is 5.56 Å². The lowest BCUT2D eigenvalue weighted by Crippen LogP contribution is -2.06. The first-order valence-corrected chi connectivity index (χ1v) is 12.2. The number of hydrogen-bond donors (Lipinski definition) is 0. The van der Waals surface area contributed by atoms with E-state index in [-0.39, 0.29) is 9.79 Å². The van der Waals surface area contributed by atoms with Gasteiger partial charge in [-0.3, -0.25) is 0 Å². The highest BCUT2D eigenvalue weighted by Crippen LogP contribution is 2.27. The fraction of sp³-hybridized carbons (Fsp3) is 0.0526. The molecule has 0 spiro atoms. The van der Waals surface area contributed by atoms with Gasteiger partial charge in [-0.2, -0.15) is 12.2 Å². The van der Waals surface area contributed by atoms with E-state index in [1.807, 2.05) is 6.92 Å². The van der Waals surface area contributed by atoms with Gasteiger partial charge in [0.25, 0.3) is 10.0 Å². The standard InChI is InChI=1S/C19H17N2O4S3/c1-16-12-14-17(15-13-16)26(20-27(22,23)18-8-4-2-5-9-18)21-28(24,25)19-10-6-3-7-11-19/h2-15H,1H3/q-1. The highest BCUT2D eigenvalue weighted by atomic mass is 32.3. The van der Waals surface area contributed by atoms with E-state index in [1.165, 1.54) is 24.3 Å². The number of benzene rings is 3. The van der Waals surface area contributed by atoms with Crippen LogP contribution in [0.1, 0.15) is 5.56 Å². The number of hydrogen-bond acceptors (Lipinski definition) is 4. The predicted molar refractivity (Wildman–Crippen MR) is 110 cm³/mol. The molecule has 0 saturated heterocycles. The van der Waals surface area contributed by atoms with Gasteiger partial charge in [-0.25, -0.2) is 8.42 Å². The van der Waals surface area contributed by atoms with Crippen LogP contribution in [0.2, 0.25) is 0 Å². The van der Waals surface area contributed by atoms with Crippen LogP contribution in [0, 0.1) is 6.92 Å². The fourth-order valence-electron chi connectivity index (χ4n) is 2.22. The SMILES string of the molecule is Cc1ccc(S(=NS(=O)(=O)c2ccccc2)[N-]S(=O)(=O)c2ccccc2)cc1. The van der Waals surface area contributed by atoms with E-state index < -0.39 is 30.9 Å². The smallest absolute Gasteiger partial charge is 0.286 e. The molecule has 0 N–H and O–H groups in total. The Morgan fingerprint density at radius 3 is 1.75 bits per heavy atom. The van der Waals surface area contributed by atoms with Gasteiger partial charge in [0, 0.05) is 9.79 Å². The van der Waals surface area contributed by atoms with Crippen molar-refractivity contribution in [3.8, 4) is 0 Å². The largest absolute Gasteiger partial charge is 0.472 e. The summed E-state index contributed by atoms with van der Waals surface area (Å²) in [7, 11) is -9.95. The first kappa shape index (κ1) is 20.4. The van der Waals surface area contributed by atoms with Crippen molar-refractivity contribution in [2.75, 3.05) is 0 Å². The molecule has 1 atom stereocenters. The fourth-order valence-corrected chi connectivity index (χ4v) is 6.82. The van der Waals surface area contributed by atoms with Crippen LogP contribution in [0.4, 0.5) is 0 Å². The maximum absolute atomic E-state index is 12.7. The van der Waals surface area contributed by atoms with E-state index in [2.05, 4.69) is 7.90 Å². The zero-order valence-corrected chi connectivity index (χ0v) is 17.3. The Morgan fingerprint density at radius 1 is 0.714 bits per heavy atom. The van der Waals surface area contributed by atoms with Gasteiger partial charge in [-0.05, 0) is 43.3 Å². The summed E-state index contributed by atoms with van der Waals surface area (Å²) in [6.07, 6.45) is 0. The van der Waals surface area contributed by atoms with Gasteiger partial charge in [0.1, 0.15) is 10.0 Å². The minimum atomic E-state index is -4.09. The third-order valence-electron chi connectivity index (χ3n) is 3.65. The summed E-state index contributed by atoms with van der Waals surface area (Å²) in [6, 6.07) is 22.0. The molecule has 0 aliphatic heterocycles. The molecule has 0 aliphatic rings. The molecule has 0 bridgehead atoms. The highest BCUT2D eigenvalue weighted by Gasteiger charge is 2.13. The van der Waals surface area contributed by atoms with Crippen LogP contribution in [-0.4, -0.2) is 16.8 Å². The monoisotopic (exact) mass is 433 g/mol. The van der Waals surface area contributed by atoms with Crippen molar-refractivity contribution in [1.29, 1.82) is 0 Å². The molecule has 0 heterocycles. The summed E-state index contributed by atoms with van der Waals surface area (Å²) < 4.78 is 58.4. The molecule has 0 aliphatic carbocycles. The third-order valence-corrected chi connectivity index (χ3v) is 8.78. The minimum Gasteiger partial charge on any atom is -0.472 e. The maximum Gasteiger partial charge on any atom is 0.286 e. The second kappa shape index (κ2) is 8.36. The number of sulfonamides is 2. The van der Waals surface area contributed by atoms with Crippen LogP contribution in [-0.2, 0) is 30.9 Å². The van der Waals surface area contributed by atoms with Gasteiger partial charge >= 0.3 is 0 Å². The average Bonchev–Trinajstić information content (AvgIpc) is 2.69. The molecule has 9 heteroatoms. The molecule has 0 fully saturated rings. The predicted octanol–water partition coefficient (Wildman–Crippen LogP) is 4.22. The van der Waals surface area contributed by atoms with Crippen molar-refractivity contribution in [2.24, 2.45) is 3.77 Å². The lowest BCUT2D eigenvalue weighted by molar-refractivity contribution is 0.598. The van der Waals surface area contributed by atoms with Crippen LogP contribution in [0.25, 0.3) is 4.13 Å². The number of rotatable bonds is 6. The van der Waals surface area contributed by atoms with Gasteiger partial charge in [0.05, 0.1) is 4.90 Å². The molecular formula is C19H17N2O4S3-. The van der Waals surface area contributed by atoms with E-state index in [9.17, 15) is 16.8 Å². The first-order chi connectivity index (χ1) is 13.3. The Bertz CT molecular complexity index is 1190. The normalized spacial score (nSPS) is 13.3. The van der Waals surface area contributed by atoms with Crippen molar-refractivity contribution < 1.29 is 16.8 Å². The molecule has 0 amide bonds. The topological polar surface area (TPSA) is 94.7 Å². The Morgan fingerprint density at radius 2 is 1.21 bits per heavy atom. The van der Waals surface area contributed by atoms with E-state index in [1.54, 1.807) is 60.7 Å². The lowest BCUT2D eigenvalue weighted by atomic mass is 10.2. The molecule has 3 aromatic rings. The second-order valence-corrected chi connectivity index (χ2v) is 10.8. The van der Waals surface area contributed by atoms with Gasteiger partial charge < -0.3 is 4.13 Å². The summed E-state index contributed by atoms with van der Waals surface area (Å²) in [5.41, 5.74) is 0.948. The van der Waals surface area contributed by atoms with Crippen LogP contribution in [0.5, 0.6) is 0 Å². The average molecular weight is 434 g/mol. The van der Waals surface area contributed by atoms with Crippen LogP contribution >= 0.6 is 0 Å². The third kappa shape index (κ3) is 4.93. The summed E-state index contributed by atoms with van der Waals surface area (Å²) in [4.78, 5) is 0.350. The summed E-state index contributed by atoms with van der Waals surface area (Å²) in [6.45, 7) is 1.87. The summed E-state index contributed by atoms with van der Waals surface area (Å²) >= 11 is 0. The molecule has 1 unspecified atom stereocenters. The highest BCUT2D eigenvalue weighted by molar-refractivity contribution is 8.13. The molecule has 0 aromatic heterocycles. The lowest BCUT2D eigenvalue weighted by Gasteiger charge is -2.24. The van der Waals surface area contributed by atoms with Gasteiger partial charge in [-0.1, -0.05) is 54.1 Å². The minimum absolute atomic E-state index is 0.0214. The van der Waals surface area contributed by atoms with Crippen molar-refractivity contribution in [2.45, 2.75) is 21.6 Å². The number of aryl methyl sites for hydroxylation is 1. The molecule has 6 nitrogen and oxygen atoms in total. The van der Waals surface area contributed by atoms with Crippen molar-refractivity contribution in [3.05, 3.63) is 94.6 Å².